The van der Waals surface area contributed by atoms with Gasteiger partial charge in [-0.05, 0) is 42.5 Å². The lowest BCUT2D eigenvalue weighted by Gasteiger charge is -2.11. The molecule has 1 N–H and O–H groups in total. The maximum atomic E-state index is 13.5. The third kappa shape index (κ3) is 4.00. The maximum absolute atomic E-state index is 13.5. The highest BCUT2D eigenvalue weighted by Gasteiger charge is 2.12. The minimum Gasteiger partial charge on any atom is -0.490 e. The van der Waals surface area contributed by atoms with Gasteiger partial charge in [0.2, 0.25) is 0 Å². The maximum Gasteiger partial charge on any atom is 0.354 e. The number of rotatable bonds is 6. The second-order valence-corrected chi connectivity index (χ2v) is 5.12. The van der Waals surface area contributed by atoms with E-state index < -0.39 is 11.8 Å². The largest absolute Gasteiger partial charge is 0.490 e. The molecular formula is C18H13F2NO4. The zero-order chi connectivity index (χ0) is 17.8. The summed E-state index contributed by atoms with van der Waals surface area (Å²) >= 11 is 0. The first-order chi connectivity index (χ1) is 12.0. The number of pyridine rings is 1. The van der Waals surface area contributed by atoms with E-state index >= 15 is 0 Å². The van der Waals surface area contributed by atoms with Gasteiger partial charge in [-0.1, -0.05) is 0 Å². The number of aromatic nitrogens is 1. The molecule has 0 saturated heterocycles. The number of ether oxygens (including phenoxy) is 2. The summed E-state index contributed by atoms with van der Waals surface area (Å²) in [5.74, 6) is -1.38. The van der Waals surface area contributed by atoms with Crippen molar-refractivity contribution in [3.05, 3.63) is 65.9 Å². The lowest BCUT2D eigenvalue weighted by Crippen LogP contribution is -2.10. The van der Waals surface area contributed by atoms with Crippen molar-refractivity contribution < 1.29 is 28.2 Å². The Morgan fingerprint density at radius 1 is 0.960 bits per heavy atom. The summed E-state index contributed by atoms with van der Waals surface area (Å²) in [7, 11) is 0. The van der Waals surface area contributed by atoms with E-state index in [4.69, 9.17) is 14.6 Å². The van der Waals surface area contributed by atoms with Crippen molar-refractivity contribution in [3.8, 4) is 11.5 Å². The second-order valence-electron chi connectivity index (χ2n) is 5.12. The van der Waals surface area contributed by atoms with E-state index in [9.17, 15) is 13.6 Å². The Balaban J connectivity index is 1.74. The van der Waals surface area contributed by atoms with E-state index in [1.54, 1.807) is 0 Å². The van der Waals surface area contributed by atoms with Crippen LogP contribution >= 0.6 is 0 Å². The van der Waals surface area contributed by atoms with Gasteiger partial charge in [-0.15, -0.1) is 0 Å². The lowest BCUT2D eigenvalue weighted by atomic mass is 10.1. The Bertz CT molecular complexity index is 913. The molecule has 0 atom stereocenters. The van der Waals surface area contributed by atoms with Gasteiger partial charge in [-0.2, -0.15) is 0 Å². The van der Waals surface area contributed by atoms with Gasteiger partial charge in [0.25, 0.3) is 0 Å². The van der Waals surface area contributed by atoms with E-state index in [1.807, 2.05) is 0 Å². The number of benzene rings is 2. The first-order valence-electron chi connectivity index (χ1n) is 7.38. The molecule has 25 heavy (non-hydrogen) atoms. The van der Waals surface area contributed by atoms with Gasteiger partial charge >= 0.3 is 5.97 Å². The van der Waals surface area contributed by atoms with Crippen LogP contribution in [0.4, 0.5) is 8.78 Å². The zero-order valence-corrected chi connectivity index (χ0v) is 12.9. The summed E-state index contributed by atoms with van der Waals surface area (Å²) in [6.07, 6.45) is 0. The average Bonchev–Trinajstić information content (AvgIpc) is 2.60. The van der Waals surface area contributed by atoms with Gasteiger partial charge < -0.3 is 14.6 Å². The molecule has 0 aliphatic rings. The van der Waals surface area contributed by atoms with Crippen molar-refractivity contribution in [2.45, 2.75) is 0 Å². The summed E-state index contributed by atoms with van der Waals surface area (Å²) in [6.45, 7) is 0.235. The second kappa shape index (κ2) is 7.12. The van der Waals surface area contributed by atoms with Gasteiger partial charge in [0.05, 0.1) is 5.52 Å². The van der Waals surface area contributed by atoms with Gasteiger partial charge in [0.15, 0.2) is 5.69 Å². The molecule has 2 aromatic carbocycles. The fourth-order valence-electron chi connectivity index (χ4n) is 2.24. The normalized spacial score (nSPS) is 10.6. The van der Waals surface area contributed by atoms with Gasteiger partial charge in [0, 0.05) is 11.5 Å². The molecule has 0 unspecified atom stereocenters. The van der Waals surface area contributed by atoms with Gasteiger partial charge in [0.1, 0.15) is 36.3 Å². The smallest absolute Gasteiger partial charge is 0.354 e. The van der Waals surface area contributed by atoms with E-state index in [0.717, 1.165) is 0 Å². The summed E-state index contributed by atoms with van der Waals surface area (Å²) in [5, 5.41) is 9.49. The lowest BCUT2D eigenvalue weighted by molar-refractivity contribution is 0.0690. The summed E-state index contributed by atoms with van der Waals surface area (Å²) in [5.41, 5.74) is 0.115. The fourth-order valence-corrected chi connectivity index (χ4v) is 2.24. The van der Waals surface area contributed by atoms with Crippen LogP contribution in [0.15, 0.2) is 48.5 Å². The first kappa shape index (κ1) is 16.6. The van der Waals surface area contributed by atoms with Crippen molar-refractivity contribution in [2.24, 2.45) is 0 Å². The number of halogens is 2. The van der Waals surface area contributed by atoms with E-state index in [-0.39, 0.29) is 30.5 Å². The van der Waals surface area contributed by atoms with Crippen LogP contribution in [-0.2, 0) is 0 Å². The molecule has 1 heterocycles. The Kier molecular flexibility index (Phi) is 4.74. The molecule has 0 radical (unpaired) electrons. The van der Waals surface area contributed by atoms with Gasteiger partial charge in [-0.25, -0.2) is 18.6 Å². The zero-order valence-electron chi connectivity index (χ0n) is 12.9. The number of hydrogen-bond donors (Lipinski definition) is 1. The predicted molar refractivity (Wildman–Crippen MR) is 86.1 cm³/mol. The Hall–Kier alpha value is -3.22. The van der Waals surface area contributed by atoms with E-state index in [2.05, 4.69) is 4.98 Å². The minimum atomic E-state index is -1.21. The van der Waals surface area contributed by atoms with Gasteiger partial charge in [-0.3, -0.25) is 0 Å². The van der Waals surface area contributed by atoms with Crippen molar-refractivity contribution in [3.63, 3.8) is 0 Å². The van der Waals surface area contributed by atoms with Crippen LogP contribution in [0.3, 0.4) is 0 Å². The molecule has 0 saturated carbocycles. The quantitative estimate of drug-likeness (QED) is 0.691. The van der Waals surface area contributed by atoms with Crippen LogP contribution < -0.4 is 9.47 Å². The summed E-state index contributed by atoms with van der Waals surface area (Å²) < 4.78 is 37.2. The fraction of sp³-hybridized carbons (Fsp3) is 0.111. The number of carbonyl (C=O) groups is 1. The highest BCUT2D eigenvalue weighted by molar-refractivity contribution is 5.93. The molecule has 5 nitrogen and oxygen atoms in total. The topological polar surface area (TPSA) is 68.7 Å². The molecule has 0 aliphatic carbocycles. The molecule has 128 valence electrons. The van der Waals surface area contributed by atoms with Crippen LogP contribution in [0, 0.1) is 11.6 Å². The Labute approximate surface area is 141 Å². The van der Waals surface area contributed by atoms with Crippen LogP contribution in [0.2, 0.25) is 0 Å². The van der Waals surface area contributed by atoms with Crippen molar-refractivity contribution in [1.82, 2.24) is 4.98 Å². The third-order valence-corrected chi connectivity index (χ3v) is 3.38. The SMILES string of the molecule is O=C(O)c1cc(OCCOc2ccc(F)cc2)c2cc(F)ccc2n1. The van der Waals surface area contributed by atoms with Crippen LogP contribution in [-0.4, -0.2) is 29.3 Å². The molecule has 1 aromatic heterocycles. The average molecular weight is 345 g/mol. The number of carboxylic acids is 1. The molecule has 0 amide bonds. The number of carboxylic acid groups (broad SMARTS) is 1. The molecular weight excluding hydrogens is 332 g/mol. The number of nitrogens with zero attached hydrogens (tertiary/aromatic N) is 1. The molecule has 7 heteroatoms. The standard InChI is InChI=1S/C18H13F2NO4/c19-11-1-4-13(5-2-11)24-7-8-25-17-10-16(18(22)23)21-15-6-3-12(20)9-14(15)17/h1-6,9-10H,7-8H2,(H,22,23). The monoisotopic (exact) mass is 345 g/mol. The third-order valence-electron chi connectivity index (χ3n) is 3.38. The van der Waals surface area contributed by atoms with Crippen molar-refractivity contribution in [1.29, 1.82) is 0 Å². The minimum absolute atomic E-state index is 0.0893. The van der Waals surface area contributed by atoms with Crippen LogP contribution in [0.25, 0.3) is 10.9 Å². The molecule has 0 bridgehead atoms. The highest BCUT2D eigenvalue weighted by atomic mass is 19.1. The Morgan fingerprint density at radius 3 is 2.36 bits per heavy atom. The molecule has 3 rings (SSSR count). The first-order valence-corrected chi connectivity index (χ1v) is 7.38. The molecule has 3 aromatic rings. The number of aromatic carboxylic acids is 1. The highest BCUT2D eigenvalue weighted by Crippen LogP contribution is 2.26. The molecule has 0 spiro atoms. The van der Waals surface area contributed by atoms with Crippen molar-refractivity contribution in [2.75, 3.05) is 13.2 Å². The summed E-state index contributed by atoms with van der Waals surface area (Å²) in [6, 6.07) is 10.6. The van der Waals surface area contributed by atoms with Crippen LogP contribution in [0.1, 0.15) is 10.5 Å². The van der Waals surface area contributed by atoms with Crippen molar-refractivity contribution >= 4 is 16.9 Å². The van der Waals surface area contributed by atoms with E-state index in [0.29, 0.717) is 16.7 Å². The Morgan fingerprint density at radius 2 is 1.64 bits per heavy atom. The molecule has 0 aliphatic heterocycles. The number of hydrogen-bond acceptors (Lipinski definition) is 4. The number of fused-ring (bicyclic) bond motifs is 1. The van der Waals surface area contributed by atoms with E-state index in [1.165, 1.54) is 48.5 Å². The predicted octanol–water partition coefficient (Wildman–Crippen LogP) is 3.67. The van der Waals surface area contributed by atoms with Crippen LogP contribution in [0.5, 0.6) is 11.5 Å². The molecule has 0 fully saturated rings. The summed E-state index contributed by atoms with van der Waals surface area (Å²) in [4.78, 5) is 15.1.